The van der Waals surface area contributed by atoms with Gasteiger partial charge in [0.05, 0.1) is 6.61 Å². The van der Waals surface area contributed by atoms with E-state index >= 15 is 0 Å². The van der Waals surface area contributed by atoms with Crippen LogP contribution >= 0.6 is 0 Å². The lowest BCUT2D eigenvalue weighted by molar-refractivity contribution is -0.230. The van der Waals surface area contributed by atoms with Crippen molar-refractivity contribution in [1.82, 2.24) is 0 Å². The van der Waals surface area contributed by atoms with Gasteiger partial charge in [0.15, 0.2) is 6.79 Å². The van der Waals surface area contributed by atoms with E-state index in [9.17, 15) is 4.79 Å². The quantitative estimate of drug-likeness (QED) is 0.457. The zero-order valence-corrected chi connectivity index (χ0v) is 7.04. The van der Waals surface area contributed by atoms with Crippen LogP contribution in [-0.4, -0.2) is 25.7 Å². The van der Waals surface area contributed by atoms with Crippen molar-refractivity contribution in [2.75, 3.05) is 13.4 Å². The number of rotatable bonds is 2. The minimum absolute atomic E-state index is 0.189. The standard InChI is InChI=1S/C8H12O4/c1-6(2)8(9)12-7-3-4-10-5-11-7/h7H,1,3-5H2,2H3. The molecule has 0 aliphatic carbocycles. The van der Waals surface area contributed by atoms with Crippen molar-refractivity contribution in [3.05, 3.63) is 12.2 Å². The predicted molar refractivity (Wildman–Crippen MR) is 41.2 cm³/mol. The molecule has 1 fully saturated rings. The van der Waals surface area contributed by atoms with Gasteiger partial charge in [0, 0.05) is 12.0 Å². The molecule has 0 aromatic heterocycles. The molecule has 0 aromatic carbocycles. The minimum Gasteiger partial charge on any atom is -0.432 e. The fraction of sp³-hybridized carbons (Fsp3) is 0.625. The number of hydrogen-bond acceptors (Lipinski definition) is 4. The van der Waals surface area contributed by atoms with Crippen LogP contribution in [0.3, 0.4) is 0 Å². The van der Waals surface area contributed by atoms with E-state index in [0.29, 0.717) is 18.6 Å². The van der Waals surface area contributed by atoms with Crippen LogP contribution in [0.15, 0.2) is 12.2 Å². The van der Waals surface area contributed by atoms with Gasteiger partial charge in [0.2, 0.25) is 6.29 Å². The van der Waals surface area contributed by atoms with Crippen molar-refractivity contribution in [3.8, 4) is 0 Å². The molecule has 0 aromatic rings. The van der Waals surface area contributed by atoms with Crippen molar-refractivity contribution >= 4 is 5.97 Å². The van der Waals surface area contributed by atoms with E-state index in [0.717, 1.165) is 0 Å². The molecule has 1 rings (SSSR count). The van der Waals surface area contributed by atoms with Crippen molar-refractivity contribution in [2.24, 2.45) is 0 Å². The Morgan fingerprint density at radius 1 is 1.67 bits per heavy atom. The third-order valence-corrected chi connectivity index (χ3v) is 1.42. The molecule has 1 saturated heterocycles. The van der Waals surface area contributed by atoms with E-state index in [4.69, 9.17) is 14.2 Å². The highest BCUT2D eigenvalue weighted by Gasteiger charge is 2.18. The Kier molecular flexibility index (Phi) is 3.25. The molecule has 1 aliphatic heterocycles. The summed E-state index contributed by atoms with van der Waals surface area (Å²) in [6.45, 7) is 5.81. The van der Waals surface area contributed by atoms with Gasteiger partial charge in [-0.1, -0.05) is 6.58 Å². The molecule has 0 radical (unpaired) electrons. The second-order valence-electron chi connectivity index (χ2n) is 2.60. The average Bonchev–Trinajstić information content (AvgIpc) is 2.06. The number of ether oxygens (including phenoxy) is 3. The van der Waals surface area contributed by atoms with Crippen molar-refractivity contribution in [3.63, 3.8) is 0 Å². The molecule has 1 heterocycles. The van der Waals surface area contributed by atoms with E-state index < -0.39 is 12.3 Å². The summed E-state index contributed by atoms with van der Waals surface area (Å²) in [6.07, 6.45) is 0.113. The maximum Gasteiger partial charge on any atom is 0.335 e. The molecular formula is C8H12O4. The molecule has 1 aliphatic rings. The van der Waals surface area contributed by atoms with Crippen LogP contribution in [0, 0.1) is 0 Å². The van der Waals surface area contributed by atoms with Gasteiger partial charge in [0.1, 0.15) is 0 Å². The van der Waals surface area contributed by atoms with E-state index in [1.807, 2.05) is 0 Å². The zero-order chi connectivity index (χ0) is 8.97. The summed E-state index contributed by atoms with van der Waals surface area (Å²) in [4.78, 5) is 11.0. The van der Waals surface area contributed by atoms with E-state index in [1.165, 1.54) is 0 Å². The first-order valence-electron chi connectivity index (χ1n) is 3.76. The lowest BCUT2D eigenvalue weighted by atomic mass is 10.3. The van der Waals surface area contributed by atoms with Gasteiger partial charge in [-0.3, -0.25) is 0 Å². The van der Waals surface area contributed by atoms with Crippen LogP contribution in [0.25, 0.3) is 0 Å². The third-order valence-electron chi connectivity index (χ3n) is 1.42. The number of esters is 1. The molecule has 1 unspecified atom stereocenters. The molecule has 0 amide bonds. The maximum atomic E-state index is 11.0. The summed E-state index contributed by atoms with van der Waals surface area (Å²) in [5.74, 6) is -0.415. The summed E-state index contributed by atoms with van der Waals surface area (Å²) < 4.78 is 14.8. The fourth-order valence-electron chi connectivity index (χ4n) is 0.759. The maximum absolute atomic E-state index is 11.0. The van der Waals surface area contributed by atoms with Crippen LogP contribution in [0.4, 0.5) is 0 Å². The van der Waals surface area contributed by atoms with Crippen LogP contribution < -0.4 is 0 Å². The number of carbonyl (C=O) groups excluding carboxylic acids is 1. The lowest BCUT2D eigenvalue weighted by Gasteiger charge is -2.22. The van der Waals surface area contributed by atoms with Gasteiger partial charge in [0.25, 0.3) is 0 Å². The third kappa shape index (κ3) is 2.64. The Bertz CT molecular complexity index is 181. The molecule has 12 heavy (non-hydrogen) atoms. The van der Waals surface area contributed by atoms with Crippen LogP contribution in [0.1, 0.15) is 13.3 Å². The first kappa shape index (κ1) is 9.22. The van der Waals surface area contributed by atoms with E-state index in [1.54, 1.807) is 6.92 Å². The second kappa shape index (κ2) is 4.23. The highest BCUT2D eigenvalue weighted by atomic mass is 16.8. The molecule has 0 bridgehead atoms. The summed E-state index contributed by atoms with van der Waals surface area (Å²) in [7, 11) is 0. The van der Waals surface area contributed by atoms with Crippen LogP contribution in [0.2, 0.25) is 0 Å². The first-order valence-corrected chi connectivity index (χ1v) is 3.76. The lowest BCUT2D eigenvalue weighted by Crippen LogP contribution is -2.28. The normalized spacial score (nSPS) is 23.2. The Labute approximate surface area is 71.1 Å². The average molecular weight is 172 g/mol. The van der Waals surface area contributed by atoms with Gasteiger partial charge in [-0.05, 0) is 6.92 Å². The van der Waals surface area contributed by atoms with Crippen molar-refractivity contribution < 1.29 is 19.0 Å². The fourth-order valence-corrected chi connectivity index (χ4v) is 0.759. The predicted octanol–water partition coefficient (Wildman–Crippen LogP) is 0.826. The molecule has 4 heteroatoms. The van der Waals surface area contributed by atoms with E-state index in [-0.39, 0.29) is 6.79 Å². The van der Waals surface area contributed by atoms with Gasteiger partial charge >= 0.3 is 5.97 Å². The highest BCUT2D eigenvalue weighted by Crippen LogP contribution is 2.09. The monoisotopic (exact) mass is 172 g/mol. The number of carbonyl (C=O) groups is 1. The second-order valence-corrected chi connectivity index (χ2v) is 2.60. The Morgan fingerprint density at radius 3 is 2.92 bits per heavy atom. The summed E-state index contributed by atoms with van der Waals surface area (Å²) >= 11 is 0. The molecule has 0 spiro atoms. The van der Waals surface area contributed by atoms with Crippen molar-refractivity contribution in [1.29, 1.82) is 0 Å². The van der Waals surface area contributed by atoms with Gasteiger partial charge in [-0.2, -0.15) is 0 Å². The smallest absolute Gasteiger partial charge is 0.335 e. The van der Waals surface area contributed by atoms with Crippen molar-refractivity contribution in [2.45, 2.75) is 19.6 Å². The first-order chi connectivity index (χ1) is 5.70. The topological polar surface area (TPSA) is 44.8 Å². The van der Waals surface area contributed by atoms with Crippen LogP contribution in [-0.2, 0) is 19.0 Å². The van der Waals surface area contributed by atoms with Gasteiger partial charge in [-0.15, -0.1) is 0 Å². The minimum atomic E-state index is -0.469. The molecule has 68 valence electrons. The zero-order valence-electron chi connectivity index (χ0n) is 7.04. The Morgan fingerprint density at radius 2 is 2.42 bits per heavy atom. The summed E-state index contributed by atoms with van der Waals surface area (Å²) in [5.41, 5.74) is 0.380. The van der Waals surface area contributed by atoms with Gasteiger partial charge < -0.3 is 14.2 Å². The summed E-state index contributed by atoms with van der Waals surface area (Å²) in [6, 6.07) is 0. The van der Waals surface area contributed by atoms with Crippen LogP contribution in [0.5, 0.6) is 0 Å². The number of hydrogen-bond donors (Lipinski definition) is 0. The SMILES string of the molecule is C=C(C)C(=O)OC1CCOCO1. The van der Waals surface area contributed by atoms with Gasteiger partial charge in [-0.25, -0.2) is 4.79 Å². The molecule has 0 saturated carbocycles. The Balaban J connectivity index is 2.29. The molecule has 1 atom stereocenters. The Hall–Kier alpha value is -0.870. The molecular weight excluding hydrogens is 160 g/mol. The largest absolute Gasteiger partial charge is 0.432 e. The summed E-state index contributed by atoms with van der Waals surface area (Å²) in [5, 5.41) is 0. The van der Waals surface area contributed by atoms with E-state index in [2.05, 4.69) is 6.58 Å². The molecule has 4 nitrogen and oxygen atoms in total. The highest BCUT2D eigenvalue weighted by molar-refractivity contribution is 5.86. The molecule has 0 N–H and O–H groups in total.